The fourth-order valence-corrected chi connectivity index (χ4v) is 3.05. The molecule has 0 saturated heterocycles. The number of fused-ring (bicyclic) bond motifs is 1. The minimum Gasteiger partial charge on any atom is -0.377 e. The second kappa shape index (κ2) is 6.87. The van der Waals surface area contributed by atoms with Gasteiger partial charge in [0.25, 0.3) is 5.69 Å². The van der Waals surface area contributed by atoms with Crippen LogP contribution in [0.25, 0.3) is 22.2 Å². The van der Waals surface area contributed by atoms with Gasteiger partial charge in [0.15, 0.2) is 5.52 Å². The van der Waals surface area contributed by atoms with E-state index in [0.717, 1.165) is 22.8 Å². The summed E-state index contributed by atoms with van der Waals surface area (Å²) in [6, 6.07) is 16.8. The van der Waals surface area contributed by atoms with Crippen LogP contribution in [0.15, 0.2) is 60.8 Å². The molecule has 2 aromatic heterocycles. The topological polar surface area (TPSA) is 96.7 Å². The first-order valence-corrected chi connectivity index (χ1v) is 8.50. The highest BCUT2D eigenvalue weighted by Crippen LogP contribution is 2.30. The Hall–Kier alpha value is -3.74. The Bertz CT molecular complexity index is 1120. The van der Waals surface area contributed by atoms with E-state index in [0.29, 0.717) is 23.1 Å². The molecule has 7 heteroatoms. The summed E-state index contributed by atoms with van der Waals surface area (Å²) < 4.78 is 0. The number of nitrogens with zero attached hydrogens (tertiary/aromatic N) is 3. The summed E-state index contributed by atoms with van der Waals surface area (Å²) in [5, 5.41) is 15.3. The number of aromatic nitrogens is 3. The lowest BCUT2D eigenvalue weighted by atomic mass is 10.1. The first-order chi connectivity index (χ1) is 13.1. The van der Waals surface area contributed by atoms with Crippen molar-refractivity contribution in [1.82, 2.24) is 15.0 Å². The Balaban J connectivity index is 1.62. The third kappa shape index (κ3) is 3.35. The van der Waals surface area contributed by atoms with E-state index in [1.54, 1.807) is 12.3 Å². The van der Waals surface area contributed by atoms with Crippen LogP contribution in [0.3, 0.4) is 0 Å². The number of imidazole rings is 1. The van der Waals surface area contributed by atoms with E-state index in [4.69, 9.17) is 0 Å². The highest BCUT2D eigenvalue weighted by molar-refractivity contribution is 5.96. The van der Waals surface area contributed by atoms with E-state index in [2.05, 4.69) is 20.3 Å². The zero-order chi connectivity index (χ0) is 18.8. The number of nitro groups is 1. The van der Waals surface area contributed by atoms with Crippen molar-refractivity contribution in [1.29, 1.82) is 0 Å². The number of rotatable bonds is 5. The molecular formula is C20H17N5O2. The van der Waals surface area contributed by atoms with E-state index in [1.165, 1.54) is 6.07 Å². The van der Waals surface area contributed by atoms with Gasteiger partial charge in [0.05, 0.1) is 23.4 Å². The standard InChI is InChI=1S/C20H17N5O2/c1-13-10-16(15-8-5-9-18(25(26)27)20(15)23-13)21-12-19-22-11-17(24-19)14-6-3-2-4-7-14/h2-11H,12H2,1H3,(H,21,23)(H,22,24). The number of nitrogens with one attached hydrogen (secondary N) is 2. The second-order valence-corrected chi connectivity index (χ2v) is 6.20. The summed E-state index contributed by atoms with van der Waals surface area (Å²) in [6.07, 6.45) is 1.80. The van der Waals surface area contributed by atoms with Crippen molar-refractivity contribution in [3.05, 3.63) is 82.4 Å². The Morgan fingerprint density at radius 1 is 1.15 bits per heavy atom. The van der Waals surface area contributed by atoms with Crippen molar-refractivity contribution < 1.29 is 4.92 Å². The molecule has 4 aromatic rings. The molecule has 0 aliphatic heterocycles. The van der Waals surface area contributed by atoms with Crippen LogP contribution in [0.4, 0.5) is 11.4 Å². The molecule has 0 saturated carbocycles. The highest BCUT2D eigenvalue weighted by atomic mass is 16.6. The van der Waals surface area contributed by atoms with Gasteiger partial charge in [0.2, 0.25) is 0 Å². The number of non-ortho nitro benzene ring substituents is 1. The van der Waals surface area contributed by atoms with Gasteiger partial charge in [-0.3, -0.25) is 10.1 Å². The normalized spacial score (nSPS) is 10.9. The van der Waals surface area contributed by atoms with Gasteiger partial charge in [-0.15, -0.1) is 0 Å². The van der Waals surface area contributed by atoms with Crippen molar-refractivity contribution in [3.63, 3.8) is 0 Å². The SMILES string of the molecule is Cc1cc(NCc2ncc(-c3ccccc3)[nH]2)c2cccc([N+](=O)[O-])c2n1. The molecule has 7 nitrogen and oxygen atoms in total. The molecule has 2 aromatic carbocycles. The fourth-order valence-electron chi connectivity index (χ4n) is 3.05. The first-order valence-electron chi connectivity index (χ1n) is 8.50. The molecular weight excluding hydrogens is 342 g/mol. The van der Waals surface area contributed by atoms with E-state index in [1.807, 2.05) is 49.4 Å². The largest absolute Gasteiger partial charge is 0.377 e. The Kier molecular flexibility index (Phi) is 4.25. The fraction of sp³-hybridized carbons (Fsp3) is 0.100. The van der Waals surface area contributed by atoms with Gasteiger partial charge in [-0.25, -0.2) is 9.97 Å². The van der Waals surface area contributed by atoms with Crippen molar-refractivity contribution in [2.45, 2.75) is 13.5 Å². The average molecular weight is 359 g/mol. The molecule has 0 amide bonds. The van der Waals surface area contributed by atoms with Crippen molar-refractivity contribution in [2.24, 2.45) is 0 Å². The van der Waals surface area contributed by atoms with Crippen LogP contribution in [-0.4, -0.2) is 19.9 Å². The number of benzene rings is 2. The number of pyridine rings is 1. The summed E-state index contributed by atoms with van der Waals surface area (Å²) >= 11 is 0. The predicted octanol–water partition coefficient (Wildman–Crippen LogP) is 4.45. The number of anilines is 1. The third-order valence-electron chi connectivity index (χ3n) is 4.30. The molecule has 2 heterocycles. The molecule has 0 spiro atoms. The second-order valence-electron chi connectivity index (χ2n) is 6.20. The number of H-pyrrole nitrogens is 1. The number of para-hydroxylation sites is 1. The number of hydrogen-bond acceptors (Lipinski definition) is 5. The van der Waals surface area contributed by atoms with Crippen molar-refractivity contribution >= 4 is 22.3 Å². The molecule has 0 unspecified atom stereocenters. The van der Waals surface area contributed by atoms with Gasteiger partial charge in [-0.1, -0.05) is 42.5 Å². The molecule has 0 fully saturated rings. The van der Waals surface area contributed by atoms with E-state index < -0.39 is 4.92 Å². The summed E-state index contributed by atoms with van der Waals surface area (Å²) in [6.45, 7) is 2.29. The van der Waals surface area contributed by atoms with Gasteiger partial charge >= 0.3 is 0 Å². The Morgan fingerprint density at radius 3 is 2.74 bits per heavy atom. The quantitative estimate of drug-likeness (QED) is 0.405. The molecule has 0 bridgehead atoms. The minimum absolute atomic E-state index is 0.00334. The molecule has 0 aliphatic rings. The lowest BCUT2D eigenvalue weighted by Crippen LogP contribution is -2.03. The van der Waals surface area contributed by atoms with Crippen LogP contribution in [0, 0.1) is 17.0 Å². The molecule has 27 heavy (non-hydrogen) atoms. The van der Waals surface area contributed by atoms with Crippen LogP contribution in [0.1, 0.15) is 11.5 Å². The lowest BCUT2D eigenvalue weighted by Gasteiger charge is -2.10. The molecule has 0 aliphatic carbocycles. The van der Waals surface area contributed by atoms with E-state index in [9.17, 15) is 10.1 Å². The maximum Gasteiger partial charge on any atom is 0.295 e. The highest BCUT2D eigenvalue weighted by Gasteiger charge is 2.15. The summed E-state index contributed by atoms with van der Waals surface area (Å²) in [5.74, 6) is 0.780. The van der Waals surface area contributed by atoms with Gasteiger partial charge < -0.3 is 10.3 Å². The van der Waals surface area contributed by atoms with Gasteiger partial charge in [0.1, 0.15) is 5.82 Å². The average Bonchev–Trinajstić information content (AvgIpc) is 3.15. The maximum atomic E-state index is 11.3. The van der Waals surface area contributed by atoms with Crippen molar-refractivity contribution in [3.8, 4) is 11.3 Å². The van der Waals surface area contributed by atoms with Crippen LogP contribution < -0.4 is 5.32 Å². The molecule has 0 atom stereocenters. The van der Waals surface area contributed by atoms with Crippen molar-refractivity contribution in [2.75, 3.05) is 5.32 Å². The zero-order valence-electron chi connectivity index (χ0n) is 14.6. The lowest BCUT2D eigenvalue weighted by molar-refractivity contribution is -0.383. The van der Waals surface area contributed by atoms with E-state index >= 15 is 0 Å². The first kappa shape index (κ1) is 16.7. The molecule has 4 rings (SSSR count). The smallest absolute Gasteiger partial charge is 0.295 e. The van der Waals surface area contributed by atoms with Gasteiger partial charge in [-0.05, 0) is 18.6 Å². The summed E-state index contributed by atoms with van der Waals surface area (Å²) in [4.78, 5) is 22.9. The van der Waals surface area contributed by atoms with Crippen LogP contribution in [0.2, 0.25) is 0 Å². The van der Waals surface area contributed by atoms with Gasteiger partial charge in [-0.2, -0.15) is 0 Å². The van der Waals surface area contributed by atoms with Crippen LogP contribution in [-0.2, 0) is 6.54 Å². The number of aryl methyl sites for hydroxylation is 1. The zero-order valence-corrected chi connectivity index (χ0v) is 14.6. The third-order valence-corrected chi connectivity index (χ3v) is 4.30. The number of nitro benzene ring substituents is 1. The minimum atomic E-state index is -0.406. The molecule has 0 radical (unpaired) electrons. The van der Waals surface area contributed by atoms with E-state index in [-0.39, 0.29) is 5.69 Å². The number of aromatic amines is 1. The predicted molar refractivity (Wildman–Crippen MR) is 104 cm³/mol. The maximum absolute atomic E-state index is 11.3. The number of hydrogen-bond donors (Lipinski definition) is 2. The monoisotopic (exact) mass is 359 g/mol. The van der Waals surface area contributed by atoms with Crippen LogP contribution >= 0.6 is 0 Å². The Morgan fingerprint density at radius 2 is 1.96 bits per heavy atom. The van der Waals surface area contributed by atoms with Gasteiger partial charge in [0, 0.05) is 22.8 Å². The van der Waals surface area contributed by atoms with Crippen LogP contribution in [0.5, 0.6) is 0 Å². The summed E-state index contributed by atoms with van der Waals surface area (Å²) in [5.41, 5.74) is 3.90. The summed E-state index contributed by atoms with van der Waals surface area (Å²) in [7, 11) is 0. The molecule has 2 N–H and O–H groups in total. The Labute approximate surface area is 155 Å². The molecule has 134 valence electrons.